The number of carbonyl (C=O) groups excluding carboxylic acids is 2. The number of carboxylic acids is 1. The number of aliphatic carboxylic acids is 1. The van der Waals surface area contributed by atoms with Crippen LogP contribution in [0, 0.1) is 0 Å². The van der Waals surface area contributed by atoms with Crippen molar-refractivity contribution in [3.63, 3.8) is 0 Å². The molecular weight excluding hydrogens is 278 g/mol. The number of amides is 2. The van der Waals surface area contributed by atoms with Gasteiger partial charge in [0.2, 0.25) is 11.8 Å². The number of rotatable bonds is 6. The first-order chi connectivity index (χ1) is 9.83. The molecule has 1 rings (SSSR count). The Morgan fingerprint density at radius 1 is 1.33 bits per heavy atom. The Morgan fingerprint density at radius 2 is 2.00 bits per heavy atom. The topological polar surface area (TPSA) is 131 Å². The van der Waals surface area contributed by atoms with Gasteiger partial charge in [-0.1, -0.05) is 0 Å². The van der Waals surface area contributed by atoms with Crippen molar-refractivity contribution >= 4 is 29.2 Å². The highest BCUT2D eigenvalue weighted by molar-refractivity contribution is 5.97. The monoisotopic (exact) mass is 295 g/mol. The molecule has 0 spiro atoms. The zero-order valence-electron chi connectivity index (χ0n) is 11.7. The summed E-state index contributed by atoms with van der Waals surface area (Å²) >= 11 is 0. The minimum absolute atomic E-state index is 0.256. The highest BCUT2D eigenvalue weighted by Crippen LogP contribution is 2.28. The van der Waals surface area contributed by atoms with E-state index in [0.717, 1.165) is 0 Å². The van der Waals surface area contributed by atoms with Crippen LogP contribution in [0.3, 0.4) is 0 Å². The van der Waals surface area contributed by atoms with Gasteiger partial charge in [-0.2, -0.15) is 0 Å². The van der Waals surface area contributed by atoms with E-state index in [1.165, 1.54) is 20.1 Å². The van der Waals surface area contributed by atoms with Crippen molar-refractivity contribution in [2.24, 2.45) is 5.73 Å². The van der Waals surface area contributed by atoms with E-state index >= 15 is 0 Å². The quantitative estimate of drug-likeness (QED) is 0.600. The normalized spacial score (nSPS) is 11.4. The lowest BCUT2D eigenvalue weighted by Gasteiger charge is -2.13. The Hall–Kier alpha value is -2.61. The summed E-state index contributed by atoms with van der Waals surface area (Å²) in [5.74, 6) is -1.67. The van der Waals surface area contributed by atoms with Crippen molar-refractivity contribution in [1.82, 2.24) is 0 Å². The summed E-state index contributed by atoms with van der Waals surface area (Å²) in [7, 11) is 1.42. The highest BCUT2D eigenvalue weighted by Gasteiger charge is 2.17. The maximum Gasteiger partial charge on any atom is 0.305 e. The maximum atomic E-state index is 11.7. The van der Waals surface area contributed by atoms with E-state index in [1.54, 1.807) is 12.1 Å². The molecule has 1 aromatic rings. The molecule has 0 aliphatic carbocycles. The number of hydrogen-bond acceptors (Lipinski definition) is 5. The minimum atomic E-state index is -1.16. The van der Waals surface area contributed by atoms with Gasteiger partial charge in [-0.05, 0) is 12.1 Å². The van der Waals surface area contributed by atoms with Crippen LogP contribution in [-0.4, -0.2) is 36.0 Å². The largest absolute Gasteiger partial charge is 0.494 e. The summed E-state index contributed by atoms with van der Waals surface area (Å²) in [6.07, 6.45) is -0.465. The SMILES string of the molecule is COc1cc(NC(=O)C(N)CC(=O)O)ccc1NC(C)=O. The van der Waals surface area contributed by atoms with Crippen LogP contribution in [-0.2, 0) is 14.4 Å². The van der Waals surface area contributed by atoms with E-state index in [4.69, 9.17) is 15.6 Å². The van der Waals surface area contributed by atoms with Crippen molar-refractivity contribution in [3.05, 3.63) is 18.2 Å². The molecule has 0 fully saturated rings. The summed E-state index contributed by atoms with van der Waals surface area (Å²) in [5.41, 5.74) is 6.29. The number of benzene rings is 1. The summed E-state index contributed by atoms with van der Waals surface area (Å²) in [6.45, 7) is 1.36. The van der Waals surface area contributed by atoms with Crippen LogP contribution in [0.15, 0.2) is 18.2 Å². The third-order valence-electron chi connectivity index (χ3n) is 2.51. The predicted molar refractivity (Wildman–Crippen MR) is 76.2 cm³/mol. The zero-order chi connectivity index (χ0) is 16.0. The fourth-order valence-corrected chi connectivity index (χ4v) is 1.58. The van der Waals surface area contributed by atoms with E-state index in [0.29, 0.717) is 17.1 Å². The molecule has 1 atom stereocenters. The highest BCUT2D eigenvalue weighted by atomic mass is 16.5. The molecule has 0 bridgehead atoms. The lowest BCUT2D eigenvalue weighted by molar-refractivity contribution is -0.138. The number of nitrogens with one attached hydrogen (secondary N) is 2. The second-order valence-electron chi connectivity index (χ2n) is 4.29. The summed E-state index contributed by atoms with van der Waals surface area (Å²) in [5, 5.41) is 13.6. The van der Waals surface area contributed by atoms with Crippen LogP contribution in [0.4, 0.5) is 11.4 Å². The molecule has 21 heavy (non-hydrogen) atoms. The Labute approximate surface area is 121 Å². The van der Waals surface area contributed by atoms with Crippen molar-refractivity contribution in [3.8, 4) is 5.75 Å². The van der Waals surface area contributed by atoms with Crippen molar-refractivity contribution < 1.29 is 24.2 Å². The number of anilines is 2. The number of methoxy groups -OCH3 is 1. The molecule has 0 radical (unpaired) electrons. The van der Waals surface area contributed by atoms with Gasteiger partial charge in [0.05, 0.1) is 25.3 Å². The lowest BCUT2D eigenvalue weighted by atomic mass is 10.2. The van der Waals surface area contributed by atoms with E-state index < -0.39 is 24.3 Å². The smallest absolute Gasteiger partial charge is 0.305 e. The molecule has 0 heterocycles. The van der Waals surface area contributed by atoms with Crippen LogP contribution in [0.2, 0.25) is 0 Å². The van der Waals surface area contributed by atoms with Gasteiger partial charge in [0.15, 0.2) is 0 Å². The molecule has 0 saturated heterocycles. The lowest BCUT2D eigenvalue weighted by Crippen LogP contribution is -2.37. The van der Waals surface area contributed by atoms with Crippen molar-refractivity contribution in [2.45, 2.75) is 19.4 Å². The zero-order valence-corrected chi connectivity index (χ0v) is 11.7. The van der Waals surface area contributed by atoms with Crippen LogP contribution >= 0.6 is 0 Å². The van der Waals surface area contributed by atoms with Crippen molar-refractivity contribution in [1.29, 1.82) is 0 Å². The number of ether oxygens (including phenoxy) is 1. The number of hydrogen-bond donors (Lipinski definition) is 4. The number of carbonyl (C=O) groups is 3. The Balaban J connectivity index is 2.83. The average molecular weight is 295 g/mol. The van der Waals surface area contributed by atoms with Crippen molar-refractivity contribution in [2.75, 3.05) is 17.7 Å². The number of carboxylic acid groups (broad SMARTS) is 1. The molecular formula is C13H17N3O5. The molecule has 0 aliphatic heterocycles. The van der Waals surface area contributed by atoms with E-state index in [2.05, 4.69) is 10.6 Å². The van der Waals surface area contributed by atoms with E-state index in [1.807, 2.05) is 0 Å². The van der Waals surface area contributed by atoms with Gasteiger partial charge in [-0.15, -0.1) is 0 Å². The molecule has 8 heteroatoms. The third kappa shape index (κ3) is 5.11. The van der Waals surface area contributed by atoms with Gasteiger partial charge < -0.3 is 26.2 Å². The fraction of sp³-hybridized carbons (Fsp3) is 0.308. The van der Waals surface area contributed by atoms with E-state index in [-0.39, 0.29) is 5.91 Å². The van der Waals surface area contributed by atoms with Gasteiger partial charge >= 0.3 is 5.97 Å². The molecule has 0 aromatic heterocycles. The molecule has 5 N–H and O–H groups in total. The predicted octanol–water partition coefficient (Wildman–Crippen LogP) is 0.394. The summed E-state index contributed by atoms with van der Waals surface area (Å²) < 4.78 is 5.10. The number of nitrogens with two attached hydrogens (primary N) is 1. The summed E-state index contributed by atoms with van der Waals surface area (Å²) in [4.78, 5) is 33.2. The molecule has 0 saturated carbocycles. The Kier molecular flexibility index (Phi) is 5.67. The standard InChI is InChI=1S/C13H17N3O5/c1-7(17)15-10-4-3-8(5-11(10)21-2)16-13(20)9(14)6-12(18)19/h3-5,9H,6,14H2,1-2H3,(H,15,17)(H,16,20)(H,18,19). The molecule has 0 aliphatic rings. The first kappa shape index (κ1) is 16.4. The molecule has 114 valence electrons. The first-order valence-corrected chi connectivity index (χ1v) is 6.07. The van der Waals surface area contributed by atoms with Gasteiger partial charge in [0.1, 0.15) is 5.75 Å². The van der Waals surface area contributed by atoms with Crippen LogP contribution in [0.5, 0.6) is 5.75 Å². The molecule has 1 aromatic carbocycles. The Bertz CT molecular complexity index is 559. The van der Waals surface area contributed by atoms with Gasteiger partial charge in [0.25, 0.3) is 0 Å². The molecule has 1 unspecified atom stereocenters. The van der Waals surface area contributed by atoms with Gasteiger partial charge in [-0.25, -0.2) is 0 Å². The Morgan fingerprint density at radius 3 is 2.52 bits per heavy atom. The average Bonchev–Trinajstić information content (AvgIpc) is 2.39. The summed E-state index contributed by atoms with van der Waals surface area (Å²) in [6, 6.07) is 3.44. The first-order valence-electron chi connectivity index (χ1n) is 6.07. The molecule has 8 nitrogen and oxygen atoms in total. The fourth-order valence-electron chi connectivity index (χ4n) is 1.58. The van der Waals surface area contributed by atoms with Gasteiger partial charge in [0, 0.05) is 18.7 Å². The second kappa shape index (κ2) is 7.25. The second-order valence-corrected chi connectivity index (χ2v) is 4.29. The maximum absolute atomic E-state index is 11.7. The molecule has 2 amide bonds. The van der Waals surface area contributed by atoms with Gasteiger partial charge in [-0.3, -0.25) is 14.4 Å². The van der Waals surface area contributed by atoms with Crippen LogP contribution in [0.25, 0.3) is 0 Å². The van der Waals surface area contributed by atoms with E-state index in [9.17, 15) is 14.4 Å². The van der Waals surface area contributed by atoms with Crippen LogP contribution < -0.4 is 21.1 Å². The third-order valence-corrected chi connectivity index (χ3v) is 2.51. The van der Waals surface area contributed by atoms with Crippen LogP contribution in [0.1, 0.15) is 13.3 Å². The minimum Gasteiger partial charge on any atom is -0.494 e.